The normalized spacial score (nSPS) is 34.8. The molecule has 0 spiro atoms. The highest BCUT2D eigenvalue weighted by molar-refractivity contribution is 6.26. The van der Waals surface area contributed by atoms with Gasteiger partial charge in [-0.3, -0.25) is 14.4 Å². The number of halogens is 1. The second kappa shape index (κ2) is 14.1. The van der Waals surface area contributed by atoms with Gasteiger partial charge in [-0.05, 0) is 23.9 Å². The van der Waals surface area contributed by atoms with Crippen molar-refractivity contribution in [1.82, 2.24) is 0 Å². The summed E-state index contributed by atoms with van der Waals surface area (Å²) in [6, 6.07) is 8.61. The molecule has 3 aliphatic heterocycles. The lowest BCUT2D eigenvalue weighted by Gasteiger charge is -2.47. The van der Waals surface area contributed by atoms with Gasteiger partial charge < -0.3 is 33.2 Å². The van der Waals surface area contributed by atoms with Crippen LogP contribution in [0.1, 0.15) is 32.3 Å². The van der Waals surface area contributed by atoms with Crippen molar-refractivity contribution < 1.29 is 47.5 Å². The van der Waals surface area contributed by atoms with E-state index in [0.29, 0.717) is 12.8 Å². The number of carbonyl (C=O) groups is 3. The number of alkyl halides is 1. The largest absolute Gasteiger partial charge is 0.465 e. The predicted octanol–water partition coefficient (Wildman–Crippen LogP) is 2.81. The van der Waals surface area contributed by atoms with Gasteiger partial charge in [-0.15, -0.1) is 11.6 Å². The summed E-state index contributed by atoms with van der Waals surface area (Å²) >= 11 is 5.69. The Kier molecular flexibility index (Phi) is 10.6. The van der Waals surface area contributed by atoms with Crippen LogP contribution in [0.15, 0.2) is 35.4 Å². The van der Waals surface area contributed by atoms with Gasteiger partial charge >= 0.3 is 11.9 Å². The third-order valence-corrected chi connectivity index (χ3v) is 7.46. The maximum absolute atomic E-state index is 12.2. The summed E-state index contributed by atoms with van der Waals surface area (Å²) in [7, 11) is 0. The number of hydrogen-bond acceptors (Lipinski definition) is 11. The van der Waals surface area contributed by atoms with Crippen LogP contribution in [-0.4, -0.2) is 86.0 Å². The molecule has 40 heavy (non-hydrogen) atoms. The predicted molar refractivity (Wildman–Crippen MR) is 137 cm³/mol. The topological polar surface area (TPSA) is 165 Å². The Labute approximate surface area is 235 Å². The molecule has 0 aromatic heterocycles. The van der Waals surface area contributed by atoms with Crippen molar-refractivity contribution in [2.45, 2.75) is 88.4 Å². The molecule has 2 bridgehead atoms. The van der Waals surface area contributed by atoms with E-state index in [1.54, 1.807) is 6.92 Å². The minimum absolute atomic E-state index is 0.187. The molecule has 3 fully saturated rings. The van der Waals surface area contributed by atoms with E-state index >= 15 is 0 Å². The number of esters is 2. The fourth-order valence-electron chi connectivity index (χ4n) is 5.49. The average Bonchev–Trinajstić information content (AvgIpc) is 3.39. The van der Waals surface area contributed by atoms with Crippen molar-refractivity contribution >= 4 is 30.0 Å². The molecule has 1 aromatic rings. The minimum Gasteiger partial charge on any atom is -0.465 e. The van der Waals surface area contributed by atoms with Gasteiger partial charge in [-0.2, -0.15) is 0 Å². The summed E-state index contributed by atoms with van der Waals surface area (Å²) in [4.78, 5) is 38.1. The van der Waals surface area contributed by atoms with Crippen LogP contribution in [0, 0.1) is 5.92 Å². The van der Waals surface area contributed by atoms with Crippen molar-refractivity contribution in [2.24, 2.45) is 11.0 Å². The fraction of sp³-hybridized carbons (Fsp3) is 0.654. The van der Waals surface area contributed by atoms with Gasteiger partial charge in [0.15, 0.2) is 6.29 Å². The number of ether oxygens (including phenoxy) is 7. The molecule has 0 amide bonds. The molecular weight excluding hydrogens is 550 g/mol. The van der Waals surface area contributed by atoms with Gasteiger partial charge in [-0.1, -0.05) is 42.4 Å². The van der Waals surface area contributed by atoms with Crippen LogP contribution in [0.4, 0.5) is 0 Å². The molecule has 218 valence electrons. The van der Waals surface area contributed by atoms with Crippen LogP contribution in [0.2, 0.25) is 0 Å². The van der Waals surface area contributed by atoms with Gasteiger partial charge in [0, 0.05) is 17.8 Å². The number of fused-ring (bicyclic) bond motifs is 2. The van der Waals surface area contributed by atoms with Crippen LogP contribution >= 0.6 is 11.6 Å². The first-order valence-corrected chi connectivity index (χ1v) is 13.5. The van der Waals surface area contributed by atoms with E-state index in [1.807, 2.05) is 30.3 Å². The number of rotatable bonds is 12. The van der Waals surface area contributed by atoms with Gasteiger partial charge in [0.05, 0.1) is 18.8 Å². The standard InChI is InChI=1S/C26H32ClN3O10/c1-14-22(39-20(33)10-27)19(12-34-13-31)38-26(23(14)35-11-16-6-4-3-5-7-16)40-24-18-9-8-17(37-18)21(29-30-28)25(24)36-15(2)32/h3-7,13-14,17-19,21-26H,8-12H2,1-2H3/t14-,17?,18+,19?,21+,22-,23?,24+,25?,26-/m0/s1. The summed E-state index contributed by atoms with van der Waals surface area (Å²) in [6.07, 6.45) is -5.22. The summed E-state index contributed by atoms with van der Waals surface area (Å²) in [5.41, 5.74) is 10.1. The Hall–Kier alpha value is -2.93. The Morgan fingerprint density at radius 3 is 2.52 bits per heavy atom. The lowest BCUT2D eigenvalue weighted by Crippen LogP contribution is -2.62. The van der Waals surface area contributed by atoms with E-state index < -0.39 is 72.9 Å². The maximum atomic E-state index is 12.2. The molecule has 13 nitrogen and oxygen atoms in total. The lowest BCUT2D eigenvalue weighted by atomic mass is 9.90. The second-order valence-corrected chi connectivity index (χ2v) is 10.1. The molecular formula is C26H32ClN3O10. The Balaban J connectivity index is 1.64. The van der Waals surface area contributed by atoms with Crippen LogP contribution < -0.4 is 0 Å². The van der Waals surface area contributed by atoms with E-state index in [1.165, 1.54) is 6.92 Å². The number of carbonyl (C=O) groups excluding carboxylic acids is 3. The van der Waals surface area contributed by atoms with Crippen molar-refractivity contribution in [3.63, 3.8) is 0 Å². The monoisotopic (exact) mass is 581 g/mol. The maximum Gasteiger partial charge on any atom is 0.321 e. The van der Waals surface area contributed by atoms with Crippen LogP contribution in [0.3, 0.4) is 0 Å². The summed E-state index contributed by atoms with van der Waals surface area (Å²) in [6.45, 7) is 3.27. The third-order valence-electron chi connectivity index (χ3n) is 7.24. The Morgan fingerprint density at radius 2 is 1.85 bits per heavy atom. The van der Waals surface area contributed by atoms with E-state index in [0.717, 1.165) is 5.56 Å². The zero-order chi connectivity index (χ0) is 28.6. The van der Waals surface area contributed by atoms with Crippen molar-refractivity contribution in [3.05, 3.63) is 46.3 Å². The molecule has 1 aromatic carbocycles. The van der Waals surface area contributed by atoms with Gasteiger partial charge in [0.1, 0.15) is 49.0 Å². The molecule has 4 rings (SSSR count). The van der Waals surface area contributed by atoms with E-state index in [9.17, 15) is 19.9 Å². The van der Waals surface area contributed by atoms with Gasteiger partial charge in [-0.25, -0.2) is 0 Å². The highest BCUT2D eigenvalue weighted by atomic mass is 35.5. The molecule has 0 N–H and O–H groups in total. The molecule has 0 saturated carbocycles. The van der Waals surface area contributed by atoms with Crippen LogP contribution in [-0.2, 0) is 54.1 Å². The first-order valence-electron chi connectivity index (χ1n) is 13.0. The Bertz CT molecular complexity index is 1070. The van der Waals surface area contributed by atoms with Crippen LogP contribution in [0.5, 0.6) is 0 Å². The minimum atomic E-state index is -1.10. The highest BCUT2D eigenvalue weighted by Crippen LogP contribution is 2.41. The van der Waals surface area contributed by atoms with E-state index in [2.05, 4.69) is 10.0 Å². The molecule has 3 heterocycles. The average molecular weight is 582 g/mol. The number of azide groups is 1. The Morgan fingerprint density at radius 1 is 1.10 bits per heavy atom. The number of nitrogens with zero attached hydrogens (tertiary/aromatic N) is 3. The molecule has 10 atom stereocenters. The van der Waals surface area contributed by atoms with Crippen LogP contribution in [0.25, 0.3) is 10.4 Å². The van der Waals surface area contributed by atoms with E-state index in [-0.39, 0.29) is 25.6 Å². The summed E-state index contributed by atoms with van der Waals surface area (Å²) in [5, 5.41) is 3.86. The molecule has 4 unspecified atom stereocenters. The fourth-order valence-corrected chi connectivity index (χ4v) is 5.55. The summed E-state index contributed by atoms with van der Waals surface area (Å²) < 4.78 is 41.2. The SMILES string of the molecule is CC(=O)OC1[C@H](N=[N+]=[N-])C2CC[C@@H](O2)[C@H]1O[C@@H]1OC(COC=O)[C@@H](OC(=O)CCl)[C@H](C)C1OCc1ccccc1. The van der Waals surface area contributed by atoms with Crippen molar-refractivity contribution in [2.75, 3.05) is 12.5 Å². The second-order valence-electron chi connectivity index (χ2n) is 9.84. The smallest absolute Gasteiger partial charge is 0.321 e. The first kappa shape index (κ1) is 30.0. The number of benzene rings is 1. The zero-order valence-electron chi connectivity index (χ0n) is 22.1. The third kappa shape index (κ3) is 7.03. The van der Waals surface area contributed by atoms with Gasteiger partial charge in [0.2, 0.25) is 0 Å². The molecule has 0 aliphatic carbocycles. The molecule has 0 radical (unpaired) electrons. The van der Waals surface area contributed by atoms with Crippen molar-refractivity contribution in [1.29, 1.82) is 0 Å². The zero-order valence-corrected chi connectivity index (χ0v) is 22.8. The molecule has 14 heteroatoms. The summed E-state index contributed by atoms with van der Waals surface area (Å²) in [5.74, 6) is -2.15. The molecule has 3 aliphatic rings. The van der Waals surface area contributed by atoms with E-state index in [4.69, 9.17) is 44.8 Å². The first-order chi connectivity index (χ1) is 19.4. The quantitative estimate of drug-likeness (QED) is 0.0681. The highest BCUT2D eigenvalue weighted by Gasteiger charge is 2.55. The van der Waals surface area contributed by atoms with Gasteiger partial charge in [0.25, 0.3) is 6.47 Å². The van der Waals surface area contributed by atoms with Crippen molar-refractivity contribution in [3.8, 4) is 0 Å². The molecule has 3 saturated heterocycles. The lowest BCUT2D eigenvalue weighted by molar-refractivity contribution is -0.330. The number of hydrogen-bond donors (Lipinski definition) is 0.